The van der Waals surface area contributed by atoms with Crippen LogP contribution in [0.15, 0.2) is 36.7 Å². The monoisotopic (exact) mass is 388 g/mol. The Balaban J connectivity index is 1.53. The van der Waals surface area contributed by atoms with Gasteiger partial charge in [-0.05, 0) is 43.4 Å². The SMILES string of the molecule is NC(=O)Cn1ccnc1C1CCCN(C(=O)CCCc2ccc(Cl)cc2)C1. The van der Waals surface area contributed by atoms with Crippen LogP contribution in [0.4, 0.5) is 0 Å². The van der Waals surface area contributed by atoms with Crippen LogP contribution in [0.5, 0.6) is 0 Å². The molecule has 0 saturated carbocycles. The number of aryl methyl sites for hydroxylation is 1. The molecule has 0 aliphatic carbocycles. The molecule has 6 nitrogen and oxygen atoms in total. The summed E-state index contributed by atoms with van der Waals surface area (Å²) in [6.45, 7) is 1.56. The Bertz CT molecular complexity index is 788. The molecule has 3 rings (SSSR count). The number of amides is 2. The van der Waals surface area contributed by atoms with Crippen LogP contribution in [0.1, 0.15) is 43.0 Å². The summed E-state index contributed by atoms with van der Waals surface area (Å²) < 4.78 is 1.79. The molecule has 1 fully saturated rings. The summed E-state index contributed by atoms with van der Waals surface area (Å²) in [5.74, 6) is 0.780. The average molecular weight is 389 g/mol. The summed E-state index contributed by atoms with van der Waals surface area (Å²) in [6.07, 6.45) is 7.58. The maximum Gasteiger partial charge on any atom is 0.237 e. The van der Waals surface area contributed by atoms with Gasteiger partial charge in [-0.3, -0.25) is 9.59 Å². The summed E-state index contributed by atoms with van der Waals surface area (Å²) in [5.41, 5.74) is 6.50. The molecule has 0 spiro atoms. The summed E-state index contributed by atoms with van der Waals surface area (Å²) in [6, 6.07) is 7.76. The van der Waals surface area contributed by atoms with Crippen LogP contribution in [0.2, 0.25) is 5.02 Å². The molecule has 0 radical (unpaired) electrons. The Labute approximate surface area is 164 Å². The third kappa shape index (κ3) is 5.32. The average Bonchev–Trinajstić information content (AvgIpc) is 3.11. The molecule has 2 amide bonds. The summed E-state index contributed by atoms with van der Waals surface area (Å²) in [4.78, 5) is 30.2. The number of hydrogen-bond acceptors (Lipinski definition) is 3. The first-order chi connectivity index (χ1) is 13.0. The minimum absolute atomic E-state index is 0.126. The first-order valence-electron chi connectivity index (χ1n) is 9.34. The van der Waals surface area contributed by atoms with Crippen molar-refractivity contribution >= 4 is 23.4 Å². The first-order valence-corrected chi connectivity index (χ1v) is 9.72. The Kier molecular flexibility index (Phi) is 6.50. The van der Waals surface area contributed by atoms with Crippen molar-refractivity contribution in [1.29, 1.82) is 0 Å². The molecule has 1 saturated heterocycles. The van der Waals surface area contributed by atoms with Gasteiger partial charge in [0.1, 0.15) is 12.4 Å². The van der Waals surface area contributed by atoms with Crippen molar-refractivity contribution in [3.8, 4) is 0 Å². The van der Waals surface area contributed by atoms with Gasteiger partial charge in [0.15, 0.2) is 0 Å². The summed E-state index contributed by atoms with van der Waals surface area (Å²) >= 11 is 5.90. The van der Waals surface area contributed by atoms with Crippen LogP contribution in [-0.4, -0.2) is 39.4 Å². The van der Waals surface area contributed by atoms with Crippen molar-refractivity contribution in [2.24, 2.45) is 5.73 Å². The van der Waals surface area contributed by atoms with E-state index in [1.54, 1.807) is 17.0 Å². The largest absolute Gasteiger partial charge is 0.368 e. The van der Waals surface area contributed by atoms with Gasteiger partial charge in [0.05, 0.1) is 0 Å². The van der Waals surface area contributed by atoms with E-state index in [1.807, 2.05) is 29.2 Å². The van der Waals surface area contributed by atoms with Gasteiger partial charge in [-0.25, -0.2) is 4.98 Å². The van der Waals surface area contributed by atoms with Crippen molar-refractivity contribution in [3.63, 3.8) is 0 Å². The van der Waals surface area contributed by atoms with Gasteiger partial charge in [0.2, 0.25) is 11.8 Å². The van der Waals surface area contributed by atoms with E-state index in [4.69, 9.17) is 17.3 Å². The minimum Gasteiger partial charge on any atom is -0.368 e. The number of carbonyl (C=O) groups is 2. The topological polar surface area (TPSA) is 81.2 Å². The fourth-order valence-electron chi connectivity index (χ4n) is 3.65. The zero-order valence-corrected chi connectivity index (χ0v) is 16.1. The van der Waals surface area contributed by atoms with Crippen LogP contribution in [0.25, 0.3) is 0 Å². The van der Waals surface area contributed by atoms with Gasteiger partial charge in [-0.15, -0.1) is 0 Å². The molecule has 1 aliphatic rings. The van der Waals surface area contributed by atoms with E-state index in [9.17, 15) is 9.59 Å². The number of aromatic nitrogens is 2. The van der Waals surface area contributed by atoms with Crippen molar-refractivity contribution in [1.82, 2.24) is 14.5 Å². The fourth-order valence-corrected chi connectivity index (χ4v) is 3.78. The molecule has 1 aromatic heterocycles. The summed E-state index contributed by atoms with van der Waals surface area (Å²) in [7, 11) is 0. The van der Waals surface area contributed by atoms with E-state index in [-0.39, 0.29) is 24.3 Å². The number of benzene rings is 1. The second-order valence-electron chi connectivity index (χ2n) is 7.04. The molecule has 7 heteroatoms. The highest BCUT2D eigenvalue weighted by Crippen LogP contribution is 2.26. The molecule has 144 valence electrons. The third-order valence-electron chi connectivity index (χ3n) is 4.98. The lowest BCUT2D eigenvalue weighted by Crippen LogP contribution is -2.40. The number of likely N-dealkylation sites (tertiary alicyclic amines) is 1. The predicted octanol–water partition coefficient (Wildman–Crippen LogP) is 2.75. The van der Waals surface area contributed by atoms with Gasteiger partial charge in [0, 0.05) is 42.8 Å². The van der Waals surface area contributed by atoms with Gasteiger partial charge in [-0.1, -0.05) is 23.7 Å². The highest BCUT2D eigenvalue weighted by molar-refractivity contribution is 6.30. The quantitative estimate of drug-likeness (QED) is 0.791. The van der Waals surface area contributed by atoms with Gasteiger partial charge in [-0.2, -0.15) is 0 Å². The van der Waals surface area contributed by atoms with Gasteiger partial charge < -0.3 is 15.2 Å². The van der Waals surface area contributed by atoms with E-state index < -0.39 is 0 Å². The zero-order valence-electron chi connectivity index (χ0n) is 15.3. The second-order valence-corrected chi connectivity index (χ2v) is 7.48. The zero-order chi connectivity index (χ0) is 19.2. The normalized spacial score (nSPS) is 17.1. The third-order valence-corrected chi connectivity index (χ3v) is 5.23. The molecule has 1 aromatic carbocycles. The van der Waals surface area contributed by atoms with Crippen LogP contribution >= 0.6 is 11.6 Å². The maximum absolute atomic E-state index is 12.6. The Morgan fingerprint density at radius 3 is 2.78 bits per heavy atom. The number of rotatable bonds is 7. The smallest absolute Gasteiger partial charge is 0.237 e. The van der Waals surface area contributed by atoms with Crippen molar-refractivity contribution < 1.29 is 9.59 Å². The molecule has 2 heterocycles. The first kappa shape index (κ1) is 19.4. The Morgan fingerprint density at radius 1 is 1.26 bits per heavy atom. The number of nitrogens with zero attached hydrogens (tertiary/aromatic N) is 3. The lowest BCUT2D eigenvalue weighted by molar-refractivity contribution is -0.132. The standard InChI is InChI=1S/C20H25ClN4O2/c21-17-8-6-15(7-9-17)3-1-5-19(27)24-11-2-4-16(13-24)20-23-10-12-25(20)14-18(22)26/h6-10,12,16H,1-5,11,13-14H2,(H2,22,26). The number of nitrogens with two attached hydrogens (primary N) is 1. The van der Waals surface area contributed by atoms with E-state index in [1.165, 1.54) is 5.56 Å². The van der Waals surface area contributed by atoms with Crippen LogP contribution in [0.3, 0.4) is 0 Å². The lowest BCUT2D eigenvalue weighted by Gasteiger charge is -2.32. The van der Waals surface area contributed by atoms with E-state index in [0.29, 0.717) is 13.0 Å². The molecule has 2 N–H and O–H groups in total. The number of halogens is 1. The molecular weight excluding hydrogens is 364 g/mol. The van der Waals surface area contributed by atoms with Crippen LogP contribution < -0.4 is 5.73 Å². The molecule has 1 aliphatic heterocycles. The van der Waals surface area contributed by atoms with E-state index in [2.05, 4.69) is 4.98 Å². The number of carbonyl (C=O) groups excluding carboxylic acids is 2. The number of piperidine rings is 1. The summed E-state index contributed by atoms with van der Waals surface area (Å²) in [5, 5.41) is 0.726. The van der Waals surface area contributed by atoms with Crippen molar-refractivity contribution in [2.45, 2.75) is 44.6 Å². The molecule has 0 bridgehead atoms. The molecule has 1 atom stereocenters. The minimum atomic E-state index is -0.389. The number of primary amides is 1. The lowest BCUT2D eigenvalue weighted by atomic mass is 9.96. The van der Waals surface area contributed by atoms with E-state index >= 15 is 0 Å². The molecule has 2 aromatic rings. The van der Waals surface area contributed by atoms with Crippen molar-refractivity contribution in [3.05, 3.63) is 53.1 Å². The van der Waals surface area contributed by atoms with Gasteiger partial charge in [0.25, 0.3) is 0 Å². The predicted molar refractivity (Wildman–Crippen MR) is 104 cm³/mol. The van der Waals surface area contributed by atoms with Crippen molar-refractivity contribution in [2.75, 3.05) is 13.1 Å². The second kappa shape index (κ2) is 9.04. The Hall–Kier alpha value is -2.34. The molecule has 1 unspecified atom stereocenters. The fraction of sp³-hybridized carbons (Fsp3) is 0.450. The maximum atomic E-state index is 12.6. The number of imidazole rings is 1. The molecule has 27 heavy (non-hydrogen) atoms. The van der Waals surface area contributed by atoms with Gasteiger partial charge >= 0.3 is 0 Å². The highest BCUT2D eigenvalue weighted by Gasteiger charge is 2.27. The molecular formula is C20H25ClN4O2. The van der Waals surface area contributed by atoms with Crippen LogP contribution in [-0.2, 0) is 22.6 Å². The highest BCUT2D eigenvalue weighted by atomic mass is 35.5. The Morgan fingerprint density at radius 2 is 2.04 bits per heavy atom. The van der Waals surface area contributed by atoms with Crippen LogP contribution in [0, 0.1) is 0 Å². The number of hydrogen-bond donors (Lipinski definition) is 1. The van der Waals surface area contributed by atoms with E-state index in [0.717, 1.165) is 43.1 Å².